The van der Waals surface area contributed by atoms with Crippen molar-refractivity contribution in [2.45, 2.75) is 10.1 Å². The Hall–Kier alpha value is -1.38. The molecule has 0 atom stereocenters. The zero-order chi connectivity index (χ0) is 15.9. The molecule has 0 N–H and O–H groups in total. The molecule has 22 heavy (non-hydrogen) atoms. The lowest BCUT2D eigenvalue weighted by Crippen LogP contribution is -1.99. The van der Waals surface area contributed by atoms with Crippen LogP contribution < -0.4 is 0 Å². The second-order valence-electron chi connectivity index (χ2n) is 4.72. The lowest BCUT2D eigenvalue weighted by molar-refractivity contribution is 0.602. The van der Waals surface area contributed by atoms with Crippen molar-refractivity contribution in [3.8, 4) is 11.3 Å². The summed E-state index contributed by atoms with van der Waals surface area (Å²) in [5.74, 6) is 0. The Kier molecular flexibility index (Phi) is 4.00. The van der Waals surface area contributed by atoms with Gasteiger partial charge in [-0.15, -0.1) is 5.10 Å². The van der Waals surface area contributed by atoms with Crippen LogP contribution in [-0.4, -0.2) is 35.5 Å². The molecule has 0 saturated heterocycles. The quantitative estimate of drug-likeness (QED) is 0.634. The van der Waals surface area contributed by atoms with Crippen LogP contribution in [0.2, 0.25) is 0 Å². The van der Waals surface area contributed by atoms with E-state index in [1.165, 1.54) is 18.0 Å². The summed E-state index contributed by atoms with van der Waals surface area (Å²) in [6.07, 6.45) is 4.88. The molecular formula is C14H12BrN3O2S2. The molecule has 0 aliphatic rings. The van der Waals surface area contributed by atoms with Gasteiger partial charge in [-0.25, -0.2) is 17.9 Å². The van der Waals surface area contributed by atoms with E-state index in [0.29, 0.717) is 10.1 Å². The van der Waals surface area contributed by atoms with E-state index in [0.717, 1.165) is 21.2 Å². The molecule has 5 nitrogen and oxygen atoms in total. The Morgan fingerprint density at radius 1 is 1.23 bits per heavy atom. The van der Waals surface area contributed by atoms with Crippen LogP contribution in [0.15, 0.2) is 51.1 Å². The van der Waals surface area contributed by atoms with Crippen molar-refractivity contribution >= 4 is 43.0 Å². The fraction of sp³-hybridized carbons (Fsp3) is 0.143. The van der Waals surface area contributed by atoms with Gasteiger partial charge in [0.25, 0.3) is 0 Å². The van der Waals surface area contributed by atoms with Crippen molar-refractivity contribution < 1.29 is 8.42 Å². The molecule has 0 spiro atoms. The first-order valence-corrected chi connectivity index (χ1v) is 10.2. The third-order valence-electron chi connectivity index (χ3n) is 3.21. The van der Waals surface area contributed by atoms with Crippen LogP contribution in [-0.2, 0) is 9.84 Å². The Morgan fingerprint density at radius 3 is 2.50 bits per heavy atom. The molecule has 2 heterocycles. The molecule has 3 rings (SSSR count). The molecule has 0 amide bonds. The predicted molar refractivity (Wildman–Crippen MR) is 91.0 cm³/mol. The Labute approximate surface area is 140 Å². The van der Waals surface area contributed by atoms with E-state index in [1.54, 1.807) is 35.0 Å². The van der Waals surface area contributed by atoms with Crippen LogP contribution in [0.1, 0.15) is 0 Å². The maximum absolute atomic E-state index is 11.5. The summed E-state index contributed by atoms with van der Waals surface area (Å²) in [5, 5.41) is 5.15. The van der Waals surface area contributed by atoms with Gasteiger partial charge in [0.15, 0.2) is 9.84 Å². The molecule has 0 fully saturated rings. The molecule has 0 saturated carbocycles. The number of benzene rings is 1. The smallest absolute Gasteiger partial charge is 0.207 e. The molecule has 0 aliphatic heterocycles. The van der Waals surface area contributed by atoms with Crippen molar-refractivity contribution in [3.05, 3.63) is 41.0 Å². The highest BCUT2D eigenvalue weighted by Gasteiger charge is 2.13. The molecule has 2 aromatic heterocycles. The minimum Gasteiger partial charge on any atom is -0.228 e. The topological polar surface area (TPSA) is 64.3 Å². The van der Waals surface area contributed by atoms with Crippen LogP contribution in [0.5, 0.6) is 0 Å². The van der Waals surface area contributed by atoms with Crippen molar-refractivity contribution in [2.24, 2.45) is 0 Å². The van der Waals surface area contributed by atoms with Crippen molar-refractivity contribution in [1.29, 1.82) is 0 Å². The van der Waals surface area contributed by atoms with Crippen LogP contribution in [0.25, 0.3) is 16.8 Å². The maximum Gasteiger partial charge on any atom is 0.207 e. The minimum absolute atomic E-state index is 0.301. The fourth-order valence-corrected chi connectivity index (χ4v) is 3.55. The molecule has 0 bridgehead atoms. The summed E-state index contributed by atoms with van der Waals surface area (Å²) in [6.45, 7) is 0. The zero-order valence-electron chi connectivity index (χ0n) is 11.8. The van der Waals surface area contributed by atoms with Gasteiger partial charge in [-0.05, 0) is 40.4 Å². The first-order chi connectivity index (χ1) is 10.4. The maximum atomic E-state index is 11.5. The Balaban J connectivity index is 2.17. The Bertz CT molecular complexity index is 950. The van der Waals surface area contributed by atoms with E-state index in [2.05, 4.69) is 26.0 Å². The fourth-order valence-electron chi connectivity index (χ4n) is 2.11. The number of fused-ring (bicyclic) bond motifs is 1. The largest absolute Gasteiger partial charge is 0.228 e. The van der Waals surface area contributed by atoms with Gasteiger partial charge in [0.05, 0.1) is 22.3 Å². The average Bonchev–Trinajstić information content (AvgIpc) is 2.83. The van der Waals surface area contributed by atoms with E-state index in [4.69, 9.17) is 0 Å². The van der Waals surface area contributed by atoms with Crippen molar-refractivity contribution in [1.82, 2.24) is 14.6 Å². The number of hydrogen-bond donors (Lipinski definition) is 0. The summed E-state index contributed by atoms with van der Waals surface area (Å²) < 4.78 is 25.8. The lowest BCUT2D eigenvalue weighted by Gasteiger charge is -2.04. The van der Waals surface area contributed by atoms with E-state index in [-0.39, 0.29) is 0 Å². The normalized spacial score (nSPS) is 12.0. The highest BCUT2D eigenvalue weighted by Crippen LogP contribution is 2.29. The number of hydrogen-bond acceptors (Lipinski definition) is 5. The van der Waals surface area contributed by atoms with Gasteiger partial charge in [0, 0.05) is 16.3 Å². The summed E-state index contributed by atoms with van der Waals surface area (Å²) in [7, 11) is -3.19. The minimum atomic E-state index is -3.19. The highest BCUT2D eigenvalue weighted by atomic mass is 79.9. The van der Waals surface area contributed by atoms with E-state index in [9.17, 15) is 8.42 Å². The number of thioether (sulfide) groups is 1. The molecular weight excluding hydrogens is 386 g/mol. The molecule has 0 unspecified atom stereocenters. The van der Waals surface area contributed by atoms with Crippen molar-refractivity contribution in [3.63, 3.8) is 0 Å². The molecule has 0 radical (unpaired) electrons. The van der Waals surface area contributed by atoms with E-state index in [1.807, 2.05) is 12.3 Å². The van der Waals surface area contributed by atoms with Gasteiger partial charge in [0.1, 0.15) is 0 Å². The van der Waals surface area contributed by atoms with Gasteiger partial charge in [-0.2, -0.15) is 0 Å². The summed E-state index contributed by atoms with van der Waals surface area (Å²) >= 11 is 4.97. The van der Waals surface area contributed by atoms with Gasteiger partial charge in [0.2, 0.25) is 5.16 Å². The molecule has 1 aromatic carbocycles. The standard InChI is InChI=1S/C14H12BrN3O2S2/c1-21-14-16-8-13-11(15)7-12(18(13)17-14)9-3-5-10(6-4-9)22(2,19)20/h3-8H,1-2H3. The SMILES string of the molecule is CSc1ncc2c(Br)cc(-c3ccc(S(C)(=O)=O)cc3)n2n1. The van der Waals surface area contributed by atoms with Crippen LogP contribution in [0.3, 0.4) is 0 Å². The molecule has 0 aliphatic carbocycles. The number of aromatic nitrogens is 3. The molecule has 8 heteroatoms. The first kappa shape index (κ1) is 15.5. The third kappa shape index (κ3) is 2.78. The highest BCUT2D eigenvalue weighted by molar-refractivity contribution is 9.10. The average molecular weight is 398 g/mol. The second kappa shape index (κ2) is 5.68. The first-order valence-electron chi connectivity index (χ1n) is 6.29. The number of halogens is 1. The number of sulfone groups is 1. The predicted octanol–water partition coefficient (Wildman–Crippen LogP) is 3.28. The summed E-state index contributed by atoms with van der Waals surface area (Å²) in [5.41, 5.74) is 2.62. The summed E-state index contributed by atoms with van der Waals surface area (Å²) in [6, 6.07) is 8.73. The van der Waals surface area contributed by atoms with Crippen LogP contribution >= 0.6 is 27.7 Å². The summed E-state index contributed by atoms with van der Waals surface area (Å²) in [4.78, 5) is 4.56. The van der Waals surface area contributed by atoms with Gasteiger partial charge >= 0.3 is 0 Å². The third-order valence-corrected chi connectivity index (χ3v) is 5.52. The van der Waals surface area contributed by atoms with E-state index >= 15 is 0 Å². The number of nitrogens with zero attached hydrogens (tertiary/aromatic N) is 3. The Morgan fingerprint density at radius 2 is 1.91 bits per heavy atom. The van der Waals surface area contributed by atoms with Gasteiger partial charge in [-0.1, -0.05) is 23.9 Å². The zero-order valence-corrected chi connectivity index (χ0v) is 15.0. The molecule has 114 valence electrons. The lowest BCUT2D eigenvalue weighted by atomic mass is 10.2. The number of rotatable bonds is 3. The monoisotopic (exact) mass is 397 g/mol. The van der Waals surface area contributed by atoms with Crippen LogP contribution in [0.4, 0.5) is 0 Å². The van der Waals surface area contributed by atoms with E-state index < -0.39 is 9.84 Å². The van der Waals surface area contributed by atoms with Gasteiger partial charge < -0.3 is 0 Å². The van der Waals surface area contributed by atoms with Gasteiger partial charge in [-0.3, -0.25) is 0 Å². The van der Waals surface area contributed by atoms with Crippen LogP contribution in [0, 0.1) is 0 Å². The van der Waals surface area contributed by atoms with Crippen molar-refractivity contribution in [2.75, 3.05) is 12.5 Å². The second-order valence-corrected chi connectivity index (χ2v) is 8.36. The molecule has 3 aromatic rings.